The minimum atomic E-state index is -0.550. The van der Waals surface area contributed by atoms with Crippen molar-refractivity contribution in [2.75, 3.05) is 44.3 Å². The fourth-order valence-electron chi connectivity index (χ4n) is 4.74. The molecule has 1 aromatic rings. The van der Waals surface area contributed by atoms with E-state index < -0.39 is 12.2 Å². The lowest BCUT2D eigenvalue weighted by atomic mass is 10.0. The molecule has 1 aromatic carbocycles. The number of unbranched alkanes of at least 4 members (excludes halogenated alkanes) is 1. The Morgan fingerprint density at radius 3 is 2.66 bits per heavy atom. The molecule has 4 atom stereocenters. The third kappa shape index (κ3) is 4.72. The van der Waals surface area contributed by atoms with E-state index in [0.29, 0.717) is 30.9 Å². The highest BCUT2D eigenvalue weighted by atomic mass is 19.1. The number of ether oxygens (including phenoxy) is 2. The fourth-order valence-corrected chi connectivity index (χ4v) is 4.74. The SMILES string of the molecule is CCCCOCC(=O)N1C[C@@H]2C(c3ccc(N4C[C@H](CNC(C)=O)OC4=O)cc3F)[C@@H]2C1. The van der Waals surface area contributed by atoms with Crippen LogP contribution in [0.1, 0.15) is 38.2 Å². The van der Waals surface area contributed by atoms with Crippen LogP contribution in [0.15, 0.2) is 18.2 Å². The Bertz CT molecular complexity index is 882. The number of amides is 3. The molecule has 2 saturated heterocycles. The van der Waals surface area contributed by atoms with Crippen LogP contribution in [0.4, 0.5) is 14.9 Å². The van der Waals surface area contributed by atoms with E-state index >= 15 is 0 Å². The third-order valence-corrected chi connectivity index (χ3v) is 6.52. The van der Waals surface area contributed by atoms with Gasteiger partial charge in [-0.25, -0.2) is 9.18 Å². The summed E-state index contributed by atoms with van der Waals surface area (Å²) in [6.45, 7) is 5.93. The zero-order chi connectivity index (χ0) is 22.8. The molecule has 0 spiro atoms. The number of carbonyl (C=O) groups excluding carboxylic acids is 3. The van der Waals surface area contributed by atoms with E-state index in [1.165, 1.54) is 17.9 Å². The van der Waals surface area contributed by atoms with Gasteiger partial charge in [0.15, 0.2) is 0 Å². The van der Waals surface area contributed by atoms with E-state index in [2.05, 4.69) is 12.2 Å². The highest BCUT2D eigenvalue weighted by Crippen LogP contribution is 2.58. The zero-order valence-corrected chi connectivity index (χ0v) is 18.5. The molecule has 0 bridgehead atoms. The third-order valence-electron chi connectivity index (χ3n) is 6.52. The summed E-state index contributed by atoms with van der Waals surface area (Å²) in [6.07, 6.45) is 0.962. The van der Waals surface area contributed by atoms with Gasteiger partial charge in [-0.15, -0.1) is 0 Å². The molecule has 3 aliphatic rings. The molecule has 3 fully saturated rings. The lowest BCUT2D eigenvalue weighted by Gasteiger charge is -2.20. The number of carbonyl (C=O) groups is 3. The summed E-state index contributed by atoms with van der Waals surface area (Å²) in [5, 5.41) is 2.62. The Morgan fingerprint density at radius 2 is 2.00 bits per heavy atom. The monoisotopic (exact) mass is 447 g/mol. The molecule has 174 valence electrons. The molecule has 1 aliphatic carbocycles. The van der Waals surface area contributed by atoms with Gasteiger partial charge in [-0.05, 0) is 41.9 Å². The number of benzene rings is 1. The molecule has 3 amide bonds. The molecular weight excluding hydrogens is 417 g/mol. The van der Waals surface area contributed by atoms with Crippen molar-refractivity contribution in [3.8, 4) is 0 Å². The maximum absolute atomic E-state index is 14.9. The Kier molecular flexibility index (Phi) is 6.64. The number of hydrogen-bond acceptors (Lipinski definition) is 5. The van der Waals surface area contributed by atoms with Gasteiger partial charge < -0.3 is 19.7 Å². The van der Waals surface area contributed by atoms with E-state index in [1.54, 1.807) is 12.1 Å². The molecule has 1 unspecified atom stereocenters. The van der Waals surface area contributed by atoms with Gasteiger partial charge in [0.05, 0.1) is 18.8 Å². The molecule has 2 heterocycles. The Labute approximate surface area is 187 Å². The van der Waals surface area contributed by atoms with E-state index in [4.69, 9.17) is 9.47 Å². The van der Waals surface area contributed by atoms with E-state index in [1.807, 2.05) is 4.90 Å². The predicted molar refractivity (Wildman–Crippen MR) is 115 cm³/mol. The summed E-state index contributed by atoms with van der Waals surface area (Å²) in [5.41, 5.74) is 1.07. The predicted octanol–water partition coefficient (Wildman–Crippen LogP) is 2.28. The number of rotatable bonds is 9. The first-order chi connectivity index (χ1) is 15.4. The molecule has 8 nitrogen and oxygen atoms in total. The molecule has 1 saturated carbocycles. The van der Waals surface area contributed by atoms with Crippen LogP contribution in [0.3, 0.4) is 0 Å². The number of halogens is 1. The first kappa shape index (κ1) is 22.5. The van der Waals surface area contributed by atoms with Crippen molar-refractivity contribution in [2.24, 2.45) is 11.8 Å². The second kappa shape index (κ2) is 9.44. The van der Waals surface area contributed by atoms with Crippen LogP contribution in [-0.4, -0.2) is 68.3 Å². The van der Waals surface area contributed by atoms with Crippen molar-refractivity contribution >= 4 is 23.6 Å². The van der Waals surface area contributed by atoms with Crippen molar-refractivity contribution < 1.29 is 28.2 Å². The first-order valence-corrected chi connectivity index (χ1v) is 11.3. The topological polar surface area (TPSA) is 88.2 Å². The van der Waals surface area contributed by atoms with Crippen LogP contribution >= 0.6 is 0 Å². The Morgan fingerprint density at radius 1 is 1.25 bits per heavy atom. The van der Waals surface area contributed by atoms with Gasteiger partial charge in [0, 0.05) is 26.6 Å². The second-order valence-corrected chi connectivity index (χ2v) is 8.82. The van der Waals surface area contributed by atoms with Gasteiger partial charge in [-0.1, -0.05) is 19.4 Å². The van der Waals surface area contributed by atoms with Gasteiger partial charge in [0.2, 0.25) is 11.8 Å². The summed E-state index contributed by atoms with van der Waals surface area (Å²) in [7, 11) is 0. The molecule has 9 heteroatoms. The van der Waals surface area contributed by atoms with Gasteiger partial charge in [0.1, 0.15) is 18.5 Å². The molecule has 1 N–H and O–H groups in total. The molecular formula is C23H30FN3O5. The zero-order valence-electron chi connectivity index (χ0n) is 18.5. The summed E-state index contributed by atoms with van der Waals surface area (Å²) >= 11 is 0. The van der Waals surface area contributed by atoms with Crippen LogP contribution in [0.5, 0.6) is 0 Å². The number of fused-ring (bicyclic) bond motifs is 1. The van der Waals surface area contributed by atoms with Crippen LogP contribution in [0.2, 0.25) is 0 Å². The van der Waals surface area contributed by atoms with Crippen LogP contribution < -0.4 is 10.2 Å². The number of likely N-dealkylation sites (tertiary alicyclic amines) is 1. The normalized spacial score (nSPS) is 26.2. The summed E-state index contributed by atoms with van der Waals surface area (Å²) in [6, 6.07) is 4.84. The van der Waals surface area contributed by atoms with Crippen molar-refractivity contribution in [2.45, 2.75) is 38.7 Å². The summed E-state index contributed by atoms with van der Waals surface area (Å²) in [5.74, 6) is 0.105. The lowest BCUT2D eigenvalue weighted by molar-refractivity contribution is -0.135. The summed E-state index contributed by atoms with van der Waals surface area (Å²) < 4.78 is 25.6. The first-order valence-electron chi connectivity index (χ1n) is 11.3. The van der Waals surface area contributed by atoms with E-state index in [0.717, 1.165) is 12.8 Å². The maximum atomic E-state index is 14.9. The average molecular weight is 448 g/mol. The van der Waals surface area contributed by atoms with Gasteiger partial charge >= 0.3 is 6.09 Å². The number of cyclic esters (lactones) is 1. The largest absolute Gasteiger partial charge is 0.442 e. The van der Waals surface area contributed by atoms with Crippen molar-refractivity contribution in [3.63, 3.8) is 0 Å². The van der Waals surface area contributed by atoms with Crippen molar-refractivity contribution in [1.82, 2.24) is 10.2 Å². The second-order valence-electron chi connectivity index (χ2n) is 8.82. The molecule has 0 aromatic heterocycles. The maximum Gasteiger partial charge on any atom is 0.414 e. The van der Waals surface area contributed by atoms with Gasteiger partial charge in [0.25, 0.3) is 0 Å². The van der Waals surface area contributed by atoms with Crippen LogP contribution in [0, 0.1) is 17.7 Å². The van der Waals surface area contributed by atoms with Gasteiger partial charge in [-0.3, -0.25) is 14.5 Å². The number of piperidine rings is 1. The van der Waals surface area contributed by atoms with Crippen LogP contribution in [0.25, 0.3) is 0 Å². The van der Waals surface area contributed by atoms with Crippen molar-refractivity contribution in [1.29, 1.82) is 0 Å². The summed E-state index contributed by atoms with van der Waals surface area (Å²) in [4.78, 5) is 38.7. The highest BCUT2D eigenvalue weighted by molar-refractivity contribution is 5.90. The van der Waals surface area contributed by atoms with Gasteiger partial charge in [-0.2, -0.15) is 0 Å². The Balaban J connectivity index is 1.31. The molecule has 4 rings (SSSR count). The minimum absolute atomic E-state index is 0.00392. The smallest absolute Gasteiger partial charge is 0.414 e. The van der Waals surface area contributed by atoms with E-state index in [-0.39, 0.29) is 55.1 Å². The molecule has 2 aliphatic heterocycles. The highest BCUT2D eigenvalue weighted by Gasteiger charge is 2.57. The van der Waals surface area contributed by atoms with Crippen molar-refractivity contribution in [3.05, 3.63) is 29.6 Å². The number of nitrogens with one attached hydrogen (secondary N) is 1. The quantitative estimate of drug-likeness (QED) is 0.587. The average Bonchev–Trinajstić information content (AvgIpc) is 3.08. The van der Waals surface area contributed by atoms with E-state index in [9.17, 15) is 18.8 Å². The number of hydrogen-bond donors (Lipinski definition) is 1. The van der Waals surface area contributed by atoms with Crippen LogP contribution in [-0.2, 0) is 19.1 Å². The number of anilines is 1. The minimum Gasteiger partial charge on any atom is -0.442 e. The Hall–Kier alpha value is -2.68. The fraction of sp³-hybridized carbons (Fsp3) is 0.609. The molecule has 32 heavy (non-hydrogen) atoms. The molecule has 0 radical (unpaired) electrons. The standard InChI is InChI=1S/C23H30FN3O5/c1-3-4-7-31-13-21(29)26-11-18-19(12-26)22(18)17-6-5-15(8-20(17)24)27-10-16(32-23(27)30)9-25-14(2)28/h5-6,8,16,18-19,22H,3-4,7,9-13H2,1-2H3,(H,25,28)/t16-,18-,19+,22?/m0/s1. The lowest BCUT2D eigenvalue weighted by Crippen LogP contribution is -2.34. The number of nitrogens with zero attached hydrogens (tertiary/aromatic N) is 2.